The van der Waals surface area contributed by atoms with Gasteiger partial charge in [0.25, 0.3) is 0 Å². The van der Waals surface area contributed by atoms with Crippen LogP contribution in [0.3, 0.4) is 0 Å². The second kappa shape index (κ2) is 5.98. The van der Waals surface area contributed by atoms with Gasteiger partial charge in [-0.3, -0.25) is 0 Å². The van der Waals surface area contributed by atoms with Gasteiger partial charge in [-0.25, -0.2) is 13.1 Å². The molecular weight excluding hydrogens is 224 g/mol. The van der Waals surface area contributed by atoms with E-state index in [2.05, 4.69) is 4.72 Å². The number of hydrogen-bond acceptors (Lipinski definition) is 3. The molecular formula is C11H24N2O2S. The molecule has 0 aromatic carbocycles. The molecule has 0 heterocycles. The monoisotopic (exact) mass is 248 g/mol. The summed E-state index contributed by atoms with van der Waals surface area (Å²) < 4.78 is 26.4. The minimum atomic E-state index is -3.16. The largest absolute Gasteiger partial charge is 0.326 e. The standard InChI is InChI=1S/C11H24N2O2S/c1-9(2)8-16(14,15)13-11-7-5-3-4-6-10(11)12/h9-11,13H,3-8,12H2,1-2H3. The maximum atomic E-state index is 11.8. The van der Waals surface area contributed by atoms with Gasteiger partial charge in [-0.05, 0) is 18.8 Å². The van der Waals surface area contributed by atoms with E-state index >= 15 is 0 Å². The maximum Gasteiger partial charge on any atom is 0.212 e. The molecule has 4 nitrogen and oxygen atoms in total. The zero-order valence-corrected chi connectivity index (χ0v) is 11.1. The number of nitrogens with two attached hydrogens (primary N) is 1. The molecule has 0 amide bonds. The van der Waals surface area contributed by atoms with E-state index in [0.717, 1.165) is 32.1 Å². The molecule has 1 fully saturated rings. The van der Waals surface area contributed by atoms with Gasteiger partial charge in [-0.2, -0.15) is 0 Å². The van der Waals surface area contributed by atoms with Gasteiger partial charge in [0, 0.05) is 12.1 Å². The Morgan fingerprint density at radius 2 is 1.88 bits per heavy atom. The molecule has 0 aromatic rings. The molecule has 5 heteroatoms. The molecule has 1 saturated carbocycles. The Morgan fingerprint density at radius 1 is 1.25 bits per heavy atom. The van der Waals surface area contributed by atoms with Crippen molar-refractivity contribution in [2.45, 2.75) is 58.0 Å². The normalized spacial score (nSPS) is 28.0. The molecule has 1 aliphatic carbocycles. The summed E-state index contributed by atoms with van der Waals surface area (Å²) in [4.78, 5) is 0. The van der Waals surface area contributed by atoms with Gasteiger partial charge in [0.2, 0.25) is 10.0 Å². The van der Waals surface area contributed by atoms with Crippen molar-refractivity contribution in [2.24, 2.45) is 11.7 Å². The highest BCUT2D eigenvalue weighted by Crippen LogP contribution is 2.17. The quantitative estimate of drug-likeness (QED) is 0.735. The average molecular weight is 248 g/mol. The van der Waals surface area contributed by atoms with Crippen LogP contribution in [-0.4, -0.2) is 26.3 Å². The molecule has 0 aromatic heterocycles. The summed E-state index contributed by atoms with van der Waals surface area (Å²) in [7, 11) is -3.16. The second-order valence-corrected chi connectivity index (χ2v) is 7.00. The van der Waals surface area contributed by atoms with Crippen LogP contribution in [0.2, 0.25) is 0 Å². The fourth-order valence-electron chi connectivity index (χ4n) is 2.20. The first-order valence-corrected chi connectivity index (χ1v) is 7.81. The van der Waals surface area contributed by atoms with Gasteiger partial charge >= 0.3 is 0 Å². The zero-order chi connectivity index (χ0) is 12.2. The molecule has 16 heavy (non-hydrogen) atoms. The molecule has 0 aliphatic heterocycles. The first-order valence-electron chi connectivity index (χ1n) is 6.16. The minimum Gasteiger partial charge on any atom is -0.326 e. The van der Waals surface area contributed by atoms with Gasteiger partial charge in [0.05, 0.1) is 5.75 Å². The van der Waals surface area contributed by atoms with Crippen molar-refractivity contribution in [1.82, 2.24) is 4.72 Å². The fraction of sp³-hybridized carbons (Fsp3) is 1.00. The number of hydrogen-bond donors (Lipinski definition) is 2. The summed E-state index contributed by atoms with van der Waals surface area (Å²) in [5.74, 6) is 0.343. The molecule has 2 atom stereocenters. The van der Waals surface area contributed by atoms with E-state index in [-0.39, 0.29) is 23.8 Å². The lowest BCUT2D eigenvalue weighted by molar-refractivity contribution is 0.454. The van der Waals surface area contributed by atoms with Crippen LogP contribution in [0.25, 0.3) is 0 Å². The molecule has 96 valence electrons. The third kappa shape index (κ3) is 4.80. The minimum absolute atomic E-state index is 0.0237. The molecule has 1 rings (SSSR count). The van der Waals surface area contributed by atoms with E-state index in [1.807, 2.05) is 13.8 Å². The SMILES string of the molecule is CC(C)CS(=O)(=O)NC1CCCCCC1N. The lowest BCUT2D eigenvalue weighted by Gasteiger charge is -2.23. The Labute approximate surface area is 99.0 Å². The van der Waals surface area contributed by atoms with Crippen LogP contribution in [-0.2, 0) is 10.0 Å². The topological polar surface area (TPSA) is 72.2 Å². The third-order valence-electron chi connectivity index (χ3n) is 2.95. The first-order chi connectivity index (χ1) is 7.41. The molecule has 2 unspecified atom stereocenters. The Kier molecular flexibility index (Phi) is 5.21. The van der Waals surface area contributed by atoms with Crippen LogP contribution in [0.15, 0.2) is 0 Å². The van der Waals surface area contributed by atoms with Gasteiger partial charge < -0.3 is 5.73 Å². The van der Waals surface area contributed by atoms with Crippen LogP contribution >= 0.6 is 0 Å². The highest BCUT2D eigenvalue weighted by Gasteiger charge is 2.25. The lowest BCUT2D eigenvalue weighted by Crippen LogP contribution is -2.47. The molecule has 3 N–H and O–H groups in total. The second-order valence-electron chi connectivity index (χ2n) is 5.20. The summed E-state index contributed by atoms with van der Waals surface area (Å²) in [6, 6.07) is -0.0873. The number of nitrogens with one attached hydrogen (secondary N) is 1. The fourth-order valence-corrected chi connectivity index (χ4v) is 3.93. The van der Waals surface area contributed by atoms with Gasteiger partial charge in [-0.1, -0.05) is 33.1 Å². The van der Waals surface area contributed by atoms with E-state index in [1.165, 1.54) is 0 Å². The van der Waals surface area contributed by atoms with Crippen molar-refractivity contribution in [3.63, 3.8) is 0 Å². The van der Waals surface area contributed by atoms with Crippen LogP contribution in [0, 0.1) is 5.92 Å². The van der Waals surface area contributed by atoms with Crippen LogP contribution in [0.1, 0.15) is 46.0 Å². The molecule has 0 radical (unpaired) electrons. The van der Waals surface area contributed by atoms with Gasteiger partial charge in [0.15, 0.2) is 0 Å². The Balaban J connectivity index is 2.57. The maximum absolute atomic E-state index is 11.8. The molecule has 1 aliphatic rings. The highest BCUT2D eigenvalue weighted by atomic mass is 32.2. The highest BCUT2D eigenvalue weighted by molar-refractivity contribution is 7.89. The van der Waals surface area contributed by atoms with Gasteiger partial charge in [-0.15, -0.1) is 0 Å². The van der Waals surface area contributed by atoms with Crippen LogP contribution in [0.4, 0.5) is 0 Å². The Bertz CT molecular complexity index is 301. The van der Waals surface area contributed by atoms with Crippen LogP contribution in [0.5, 0.6) is 0 Å². The average Bonchev–Trinajstić information content (AvgIpc) is 2.29. The summed E-state index contributed by atoms with van der Waals surface area (Å²) in [5, 5.41) is 0. The third-order valence-corrected chi connectivity index (χ3v) is 4.72. The summed E-state index contributed by atoms with van der Waals surface area (Å²) in [6.45, 7) is 3.82. The van der Waals surface area contributed by atoms with Crippen molar-refractivity contribution < 1.29 is 8.42 Å². The van der Waals surface area contributed by atoms with E-state index < -0.39 is 10.0 Å². The van der Waals surface area contributed by atoms with E-state index in [1.54, 1.807) is 0 Å². The summed E-state index contributed by atoms with van der Waals surface area (Å²) in [5.41, 5.74) is 5.99. The summed E-state index contributed by atoms with van der Waals surface area (Å²) >= 11 is 0. The van der Waals surface area contributed by atoms with E-state index in [9.17, 15) is 8.42 Å². The zero-order valence-electron chi connectivity index (χ0n) is 10.3. The van der Waals surface area contributed by atoms with E-state index in [4.69, 9.17) is 5.73 Å². The number of rotatable bonds is 4. The van der Waals surface area contributed by atoms with Crippen LogP contribution < -0.4 is 10.5 Å². The van der Waals surface area contributed by atoms with Crippen molar-refractivity contribution in [2.75, 3.05) is 5.75 Å². The predicted octanol–water partition coefficient (Wildman–Crippen LogP) is 1.22. The molecule has 0 bridgehead atoms. The Hall–Kier alpha value is -0.130. The number of sulfonamides is 1. The van der Waals surface area contributed by atoms with E-state index in [0.29, 0.717) is 0 Å². The van der Waals surface area contributed by atoms with Crippen molar-refractivity contribution in [3.8, 4) is 0 Å². The van der Waals surface area contributed by atoms with Gasteiger partial charge in [0.1, 0.15) is 0 Å². The van der Waals surface area contributed by atoms with Crippen molar-refractivity contribution in [3.05, 3.63) is 0 Å². The lowest BCUT2D eigenvalue weighted by atomic mass is 10.1. The summed E-state index contributed by atoms with van der Waals surface area (Å²) in [6.07, 6.45) is 5.15. The predicted molar refractivity (Wildman–Crippen MR) is 66.6 cm³/mol. The first kappa shape index (κ1) is 13.9. The Morgan fingerprint density at radius 3 is 2.50 bits per heavy atom. The van der Waals surface area contributed by atoms with Crippen molar-refractivity contribution in [1.29, 1.82) is 0 Å². The van der Waals surface area contributed by atoms with Crippen molar-refractivity contribution >= 4 is 10.0 Å². The smallest absolute Gasteiger partial charge is 0.212 e. The molecule has 0 spiro atoms. The molecule has 0 saturated heterocycles.